The molecule has 0 spiro atoms. The first-order valence-corrected chi connectivity index (χ1v) is 9.56. The van der Waals surface area contributed by atoms with Crippen molar-refractivity contribution >= 4 is 46.3 Å². The van der Waals surface area contributed by atoms with Crippen LogP contribution in [0.2, 0.25) is 10.0 Å². The van der Waals surface area contributed by atoms with E-state index in [1.807, 2.05) is 0 Å². The van der Waals surface area contributed by atoms with E-state index >= 15 is 0 Å². The number of amides is 1. The van der Waals surface area contributed by atoms with Gasteiger partial charge >= 0.3 is 0 Å². The van der Waals surface area contributed by atoms with E-state index in [-0.39, 0.29) is 27.6 Å². The number of anilines is 1. The Balaban J connectivity index is 1.96. The number of rotatable bonds is 3. The Kier molecular flexibility index (Phi) is 5.28. The molecule has 0 radical (unpaired) electrons. The molecule has 0 bridgehead atoms. The lowest BCUT2D eigenvalue weighted by Crippen LogP contribution is -2.29. The quantitative estimate of drug-likeness (QED) is 0.345. The van der Waals surface area contributed by atoms with E-state index < -0.39 is 23.5 Å². The minimum Gasteiger partial charge on any atom is -0.507 e. The standard InChI is InChI=1S/C22H13Cl2FN2O3/c23-14-5-1-3-12(9-14)20(28)18-19(13-4-2-8-26-11-13)27(22(30)21(18)29)15-6-7-17(25)16(24)10-15/h1-11,19,28H/b20-18+. The van der Waals surface area contributed by atoms with Crippen LogP contribution in [0.3, 0.4) is 0 Å². The van der Waals surface area contributed by atoms with E-state index in [1.165, 1.54) is 29.3 Å². The Labute approximate surface area is 181 Å². The summed E-state index contributed by atoms with van der Waals surface area (Å²) < 4.78 is 13.7. The fourth-order valence-corrected chi connectivity index (χ4v) is 3.74. The Hall–Kier alpha value is -3.22. The van der Waals surface area contributed by atoms with Gasteiger partial charge in [0, 0.05) is 28.7 Å². The second kappa shape index (κ2) is 7.89. The van der Waals surface area contributed by atoms with Gasteiger partial charge in [-0.15, -0.1) is 0 Å². The summed E-state index contributed by atoms with van der Waals surface area (Å²) in [6, 6.07) is 12.3. The number of nitrogens with zero attached hydrogens (tertiary/aromatic N) is 2. The maximum Gasteiger partial charge on any atom is 0.300 e. The molecule has 1 aliphatic rings. The summed E-state index contributed by atoms with van der Waals surface area (Å²) in [5.74, 6) is -2.80. The number of halogens is 3. The highest BCUT2D eigenvalue weighted by molar-refractivity contribution is 6.51. The first kappa shape index (κ1) is 20.1. The Morgan fingerprint density at radius 1 is 1.07 bits per heavy atom. The van der Waals surface area contributed by atoms with Gasteiger partial charge in [-0.1, -0.05) is 41.4 Å². The topological polar surface area (TPSA) is 70.5 Å². The third-order valence-electron chi connectivity index (χ3n) is 4.72. The molecule has 3 aromatic rings. The second-order valence-corrected chi connectivity index (χ2v) is 7.41. The highest BCUT2D eigenvalue weighted by Crippen LogP contribution is 2.42. The van der Waals surface area contributed by atoms with Crippen LogP contribution in [0.1, 0.15) is 17.2 Å². The van der Waals surface area contributed by atoms with Gasteiger partial charge in [0.05, 0.1) is 16.6 Å². The summed E-state index contributed by atoms with van der Waals surface area (Å²) in [7, 11) is 0. The number of hydrogen-bond donors (Lipinski definition) is 1. The summed E-state index contributed by atoms with van der Waals surface area (Å²) in [6.45, 7) is 0. The van der Waals surface area contributed by atoms with Crippen LogP contribution in [-0.4, -0.2) is 21.8 Å². The normalized spacial score (nSPS) is 18.1. The highest BCUT2D eigenvalue weighted by Gasteiger charge is 2.47. The number of carbonyl (C=O) groups excluding carboxylic acids is 2. The molecule has 2 heterocycles. The molecule has 1 N–H and O–H groups in total. The molecule has 5 nitrogen and oxygen atoms in total. The monoisotopic (exact) mass is 442 g/mol. The number of ketones is 1. The number of aliphatic hydroxyl groups is 1. The fourth-order valence-electron chi connectivity index (χ4n) is 3.38. The minimum absolute atomic E-state index is 0.129. The second-order valence-electron chi connectivity index (χ2n) is 6.56. The molecule has 150 valence electrons. The van der Waals surface area contributed by atoms with Crippen LogP contribution in [-0.2, 0) is 9.59 Å². The van der Waals surface area contributed by atoms with Crippen molar-refractivity contribution in [2.24, 2.45) is 0 Å². The van der Waals surface area contributed by atoms with Crippen LogP contribution in [0.4, 0.5) is 10.1 Å². The van der Waals surface area contributed by atoms with E-state index in [2.05, 4.69) is 4.98 Å². The molecular formula is C22H13Cl2FN2O3. The van der Waals surface area contributed by atoms with Gasteiger partial charge in [0.2, 0.25) is 0 Å². The molecule has 0 saturated carbocycles. The molecule has 1 saturated heterocycles. The van der Waals surface area contributed by atoms with Gasteiger partial charge in [0.1, 0.15) is 11.6 Å². The third-order valence-corrected chi connectivity index (χ3v) is 5.25. The van der Waals surface area contributed by atoms with Gasteiger partial charge in [-0.25, -0.2) is 4.39 Å². The lowest BCUT2D eigenvalue weighted by Gasteiger charge is -2.25. The Morgan fingerprint density at radius 3 is 2.53 bits per heavy atom. The summed E-state index contributed by atoms with van der Waals surface area (Å²) in [5.41, 5.74) is 0.852. The summed E-state index contributed by atoms with van der Waals surface area (Å²) in [4.78, 5) is 31.1. The molecule has 4 rings (SSSR count). The zero-order chi connectivity index (χ0) is 21.4. The molecular weight excluding hydrogens is 430 g/mol. The van der Waals surface area contributed by atoms with E-state index in [1.54, 1.807) is 36.5 Å². The van der Waals surface area contributed by atoms with Gasteiger partial charge in [-0.2, -0.15) is 0 Å². The van der Waals surface area contributed by atoms with E-state index in [0.717, 1.165) is 6.07 Å². The van der Waals surface area contributed by atoms with Crippen molar-refractivity contribution in [2.75, 3.05) is 4.90 Å². The number of Topliss-reactive ketones (excluding diaryl/α,β-unsaturated/α-hetero) is 1. The predicted molar refractivity (Wildman–Crippen MR) is 112 cm³/mol. The smallest absolute Gasteiger partial charge is 0.300 e. The molecule has 1 atom stereocenters. The molecule has 8 heteroatoms. The number of pyridine rings is 1. The third kappa shape index (κ3) is 3.44. The highest BCUT2D eigenvalue weighted by atomic mass is 35.5. The van der Waals surface area contributed by atoms with Crippen molar-refractivity contribution in [1.82, 2.24) is 4.98 Å². The SMILES string of the molecule is O=C1C(=O)N(c2ccc(F)c(Cl)c2)C(c2cccnc2)/C1=C(\O)c1cccc(Cl)c1. The van der Waals surface area contributed by atoms with E-state index in [4.69, 9.17) is 23.2 Å². The van der Waals surface area contributed by atoms with Gasteiger partial charge in [0.25, 0.3) is 11.7 Å². The molecule has 2 aromatic carbocycles. The Bertz CT molecular complexity index is 1200. The van der Waals surface area contributed by atoms with Gasteiger partial charge in [0.15, 0.2) is 0 Å². The van der Waals surface area contributed by atoms with Crippen molar-refractivity contribution in [3.05, 3.63) is 99.6 Å². The number of aliphatic hydroxyl groups excluding tert-OH is 1. The van der Waals surface area contributed by atoms with Gasteiger partial charge in [-0.3, -0.25) is 19.5 Å². The van der Waals surface area contributed by atoms with Crippen LogP contribution >= 0.6 is 23.2 Å². The van der Waals surface area contributed by atoms with Crippen LogP contribution in [0.25, 0.3) is 5.76 Å². The maximum absolute atomic E-state index is 13.7. The lowest BCUT2D eigenvalue weighted by molar-refractivity contribution is -0.132. The molecule has 30 heavy (non-hydrogen) atoms. The van der Waals surface area contributed by atoms with Crippen LogP contribution in [0.15, 0.2) is 72.6 Å². The Morgan fingerprint density at radius 2 is 1.87 bits per heavy atom. The average molecular weight is 443 g/mol. The zero-order valence-corrected chi connectivity index (χ0v) is 16.7. The molecule has 1 aromatic heterocycles. The van der Waals surface area contributed by atoms with Crippen molar-refractivity contribution in [3.8, 4) is 0 Å². The van der Waals surface area contributed by atoms with Crippen molar-refractivity contribution in [1.29, 1.82) is 0 Å². The number of hydrogen-bond acceptors (Lipinski definition) is 4. The van der Waals surface area contributed by atoms with Crippen LogP contribution in [0.5, 0.6) is 0 Å². The largest absolute Gasteiger partial charge is 0.507 e. The van der Waals surface area contributed by atoms with Gasteiger partial charge < -0.3 is 5.11 Å². The van der Waals surface area contributed by atoms with Gasteiger partial charge in [-0.05, 0) is 42.0 Å². The maximum atomic E-state index is 13.7. The van der Waals surface area contributed by atoms with Crippen molar-refractivity contribution in [3.63, 3.8) is 0 Å². The molecule has 0 aliphatic carbocycles. The fraction of sp³-hybridized carbons (Fsp3) is 0.0455. The van der Waals surface area contributed by atoms with E-state index in [9.17, 15) is 19.1 Å². The van der Waals surface area contributed by atoms with Crippen molar-refractivity contribution in [2.45, 2.75) is 6.04 Å². The first-order valence-electron chi connectivity index (χ1n) is 8.80. The predicted octanol–water partition coefficient (Wildman–Crippen LogP) is 5.15. The lowest BCUT2D eigenvalue weighted by atomic mass is 9.96. The summed E-state index contributed by atoms with van der Waals surface area (Å²) >= 11 is 11.9. The van der Waals surface area contributed by atoms with E-state index in [0.29, 0.717) is 10.6 Å². The summed E-state index contributed by atoms with van der Waals surface area (Å²) in [6.07, 6.45) is 3.03. The number of aromatic nitrogens is 1. The van der Waals surface area contributed by atoms with Crippen LogP contribution in [0, 0.1) is 5.82 Å². The van der Waals surface area contributed by atoms with Crippen LogP contribution < -0.4 is 4.90 Å². The summed E-state index contributed by atoms with van der Waals surface area (Å²) in [5, 5.41) is 11.1. The van der Waals surface area contributed by atoms with Crippen molar-refractivity contribution < 1.29 is 19.1 Å². The number of carbonyl (C=O) groups is 2. The number of benzene rings is 2. The average Bonchev–Trinajstić information content (AvgIpc) is 3.01. The minimum atomic E-state index is -0.987. The molecule has 1 unspecified atom stereocenters. The molecule has 1 amide bonds. The molecule has 1 aliphatic heterocycles. The molecule has 1 fully saturated rings. The zero-order valence-electron chi connectivity index (χ0n) is 15.2. The first-order chi connectivity index (χ1) is 14.4.